The minimum absolute atomic E-state index is 0.0702. The summed E-state index contributed by atoms with van der Waals surface area (Å²) in [7, 11) is 0. The molecule has 0 aliphatic rings. The third-order valence-corrected chi connectivity index (χ3v) is 8.07. The lowest BCUT2D eigenvalue weighted by molar-refractivity contribution is 0.0133. The highest BCUT2D eigenvalue weighted by molar-refractivity contribution is 5.69. The van der Waals surface area contributed by atoms with Gasteiger partial charge in [0, 0.05) is 45.9 Å². The maximum Gasteiger partial charge on any atom is 0.410 e. The summed E-state index contributed by atoms with van der Waals surface area (Å²) in [6.45, 7) is 25.7. The van der Waals surface area contributed by atoms with Crippen molar-refractivity contribution in [3.05, 3.63) is 35.9 Å². The predicted molar refractivity (Wildman–Crippen MR) is 225 cm³/mol. The van der Waals surface area contributed by atoms with Crippen molar-refractivity contribution >= 4 is 24.4 Å². The van der Waals surface area contributed by atoms with E-state index in [1.807, 2.05) is 101 Å². The smallest absolute Gasteiger partial charge is 0.410 e. The fourth-order valence-corrected chi connectivity index (χ4v) is 5.65. The number of carbonyl (C=O) groups excluding carboxylic acids is 4. The molecule has 2 N–H and O–H groups in total. The second kappa shape index (κ2) is 25.6. The van der Waals surface area contributed by atoms with E-state index in [9.17, 15) is 19.2 Å². The maximum absolute atomic E-state index is 13.6. The molecule has 328 valence electrons. The molecule has 1 aromatic rings. The van der Waals surface area contributed by atoms with Gasteiger partial charge in [0.1, 0.15) is 22.4 Å². The number of nitrogens with one attached hydrogen (secondary N) is 2. The van der Waals surface area contributed by atoms with E-state index < -0.39 is 46.8 Å². The van der Waals surface area contributed by atoms with Crippen molar-refractivity contribution in [1.82, 2.24) is 20.4 Å². The van der Waals surface area contributed by atoms with Gasteiger partial charge in [0.25, 0.3) is 0 Å². The first-order valence-electron chi connectivity index (χ1n) is 20.9. The van der Waals surface area contributed by atoms with E-state index in [1.54, 1.807) is 9.80 Å². The molecule has 1 aromatic carbocycles. The van der Waals surface area contributed by atoms with Crippen LogP contribution < -0.4 is 10.6 Å². The van der Waals surface area contributed by atoms with Crippen LogP contribution in [-0.2, 0) is 30.3 Å². The Bertz CT molecular complexity index is 1230. The van der Waals surface area contributed by atoms with Gasteiger partial charge in [0.2, 0.25) is 0 Å². The van der Waals surface area contributed by atoms with Crippen molar-refractivity contribution in [2.75, 3.05) is 45.9 Å². The average Bonchev–Trinajstić information content (AvgIpc) is 3.05. The van der Waals surface area contributed by atoms with Crippen LogP contribution in [0.25, 0.3) is 0 Å². The Morgan fingerprint density at radius 3 is 1.39 bits per heavy atom. The van der Waals surface area contributed by atoms with Gasteiger partial charge in [-0.3, -0.25) is 0 Å². The second-order valence-corrected chi connectivity index (χ2v) is 18.7. The summed E-state index contributed by atoms with van der Waals surface area (Å²) in [6, 6.07) is 10.1. The molecule has 0 aromatic heterocycles. The molecule has 0 aliphatic heterocycles. The molecular weight excluding hydrogens is 729 g/mol. The van der Waals surface area contributed by atoms with Gasteiger partial charge in [-0.05, 0) is 133 Å². The third-order valence-electron chi connectivity index (χ3n) is 8.07. The molecule has 13 heteroatoms. The number of alkyl carbamates (subject to hydrolysis) is 2. The molecule has 0 spiro atoms. The van der Waals surface area contributed by atoms with Crippen molar-refractivity contribution in [2.24, 2.45) is 5.92 Å². The summed E-state index contributed by atoms with van der Waals surface area (Å²) < 4.78 is 28.3. The summed E-state index contributed by atoms with van der Waals surface area (Å²) in [6.07, 6.45) is 5.37. The minimum Gasteiger partial charge on any atom is -0.444 e. The molecule has 1 rings (SSSR count). The molecule has 0 saturated heterocycles. The lowest BCUT2D eigenvalue weighted by Gasteiger charge is -2.34. The molecule has 0 heterocycles. The fraction of sp³-hybridized carbons (Fsp3) is 0.773. The molecule has 57 heavy (non-hydrogen) atoms. The largest absolute Gasteiger partial charge is 0.444 e. The Morgan fingerprint density at radius 2 is 0.965 bits per heavy atom. The molecule has 0 fully saturated rings. The SMILES string of the molecule is CC(C)(C)OC(=O)NCCCCN(CC(CCCCCCOCc1ccccc1)CN(CCCCNC(=O)OC(C)(C)C)C(=O)OC(C)(C)C)C(=O)OC(C)(C)C. The van der Waals surface area contributed by atoms with E-state index in [-0.39, 0.29) is 5.92 Å². The molecular formula is C44H78N4O9. The highest BCUT2D eigenvalue weighted by atomic mass is 16.6. The van der Waals surface area contributed by atoms with Crippen LogP contribution in [0.4, 0.5) is 19.2 Å². The highest BCUT2D eigenvalue weighted by Crippen LogP contribution is 2.20. The molecule has 0 unspecified atom stereocenters. The zero-order chi connectivity index (χ0) is 43.1. The van der Waals surface area contributed by atoms with Gasteiger partial charge in [-0.2, -0.15) is 0 Å². The van der Waals surface area contributed by atoms with Gasteiger partial charge in [-0.15, -0.1) is 0 Å². The molecule has 0 saturated carbocycles. The summed E-state index contributed by atoms with van der Waals surface area (Å²) in [5.41, 5.74) is -1.41. The number of rotatable bonds is 23. The summed E-state index contributed by atoms with van der Waals surface area (Å²) in [5.74, 6) is -0.0702. The van der Waals surface area contributed by atoms with Crippen molar-refractivity contribution in [3.63, 3.8) is 0 Å². The second-order valence-electron chi connectivity index (χ2n) is 18.7. The van der Waals surface area contributed by atoms with E-state index in [1.165, 1.54) is 0 Å². The summed E-state index contributed by atoms with van der Waals surface area (Å²) in [5, 5.41) is 5.58. The van der Waals surface area contributed by atoms with Crippen LogP contribution in [0.1, 0.15) is 146 Å². The van der Waals surface area contributed by atoms with Crippen LogP contribution in [0.3, 0.4) is 0 Å². The molecule has 13 nitrogen and oxygen atoms in total. The Kier molecular flexibility index (Phi) is 23.0. The molecule has 0 atom stereocenters. The zero-order valence-corrected chi connectivity index (χ0v) is 37.6. The van der Waals surface area contributed by atoms with Gasteiger partial charge in [-0.1, -0.05) is 49.6 Å². The van der Waals surface area contributed by atoms with Crippen LogP contribution in [0.15, 0.2) is 30.3 Å². The van der Waals surface area contributed by atoms with Gasteiger partial charge < -0.3 is 44.1 Å². The number of ether oxygens (including phenoxy) is 5. The summed E-state index contributed by atoms with van der Waals surface area (Å²) in [4.78, 5) is 55.1. The number of carbonyl (C=O) groups is 4. The topological polar surface area (TPSA) is 145 Å². The lowest BCUT2D eigenvalue weighted by atomic mass is 9.99. The number of amides is 4. The number of benzene rings is 1. The van der Waals surface area contributed by atoms with E-state index in [4.69, 9.17) is 23.7 Å². The van der Waals surface area contributed by atoms with Gasteiger partial charge in [0.15, 0.2) is 0 Å². The first-order valence-corrected chi connectivity index (χ1v) is 20.9. The highest BCUT2D eigenvalue weighted by Gasteiger charge is 2.29. The maximum atomic E-state index is 13.6. The van der Waals surface area contributed by atoms with Crippen LogP contribution >= 0.6 is 0 Å². The standard InChI is InChI=1S/C44H78N4O9/c1-41(2,3)54-37(49)45-27-19-21-29-47(39(51)56-43(7,8)9)32-36(26-16-13-14-23-31-53-34-35-24-17-15-18-25-35)33-48(40(52)57-44(10,11)12)30-22-20-28-46-38(50)55-42(4,5)6/h15,17-18,24-25,36H,13-14,16,19-23,26-34H2,1-12H3,(H,45,49)(H,46,50). The first kappa shape index (κ1) is 51.3. The van der Waals surface area contributed by atoms with Crippen LogP contribution in [0.2, 0.25) is 0 Å². The number of nitrogens with zero attached hydrogens (tertiary/aromatic N) is 2. The molecule has 4 amide bonds. The Labute approximate surface area is 344 Å². The molecule has 0 radical (unpaired) electrons. The van der Waals surface area contributed by atoms with Crippen molar-refractivity contribution in [3.8, 4) is 0 Å². The lowest BCUT2D eigenvalue weighted by Crippen LogP contribution is -2.45. The van der Waals surface area contributed by atoms with Gasteiger partial charge in [-0.25, -0.2) is 19.2 Å². The first-order chi connectivity index (χ1) is 26.4. The predicted octanol–water partition coefficient (Wildman–Crippen LogP) is 9.85. The van der Waals surface area contributed by atoms with Gasteiger partial charge in [0.05, 0.1) is 6.61 Å². The van der Waals surface area contributed by atoms with Gasteiger partial charge >= 0.3 is 24.4 Å². The average molecular weight is 807 g/mol. The third kappa shape index (κ3) is 29.2. The van der Waals surface area contributed by atoms with Crippen molar-refractivity contribution in [2.45, 2.75) is 170 Å². The Morgan fingerprint density at radius 1 is 0.544 bits per heavy atom. The molecule has 0 bridgehead atoms. The quantitative estimate of drug-likeness (QED) is 0.0816. The number of hydrogen-bond acceptors (Lipinski definition) is 9. The summed E-state index contributed by atoms with van der Waals surface area (Å²) >= 11 is 0. The fourth-order valence-electron chi connectivity index (χ4n) is 5.65. The van der Waals surface area contributed by atoms with Crippen LogP contribution in [0, 0.1) is 5.92 Å². The number of unbranched alkanes of at least 4 members (excludes halogenated alkanes) is 5. The van der Waals surface area contributed by atoms with E-state index in [0.717, 1.165) is 37.7 Å². The van der Waals surface area contributed by atoms with Crippen LogP contribution in [-0.4, -0.2) is 102 Å². The zero-order valence-electron chi connectivity index (χ0n) is 37.6. The van der Waals surface area contributed by atoms with E-state index >= 15 is 0 Å². The normalized spacial score (nSPS) is 12.2. The minimum atomic E-state index is -0.693. The monoisotopic (exact) mass is 807 g/mol. The van der Waals surface area contributed by atoms with Crippen LogP contribution in [0.5, 0.6) is 0 Å². The van der Waals surface area contributed by atoms with E-state index in [0.29, 0.717) is 78.2 Å². The number of hydrogen-bond donors (Lipinski definition) is 2. The Hall–Kier alpha value is -3.74. The van der Waals surface area contributed by atoms with Crippen molar-refractivity contribution < 1.29 is 42.9 Å². The van der Waals surface area contributed by atoms with Crippen molar-refractivity contribution in [1.29, 1.82) is 0 Å². The van der Waals surface area contributed by atoms with E-state index in [2.05, 4.69) is 22.8 Å². The molecule has 0 aliphatic carbocycles. The Balaban J connectivity index is 3.07.